The van der Waals surface area contributed by atoms with Gasteiger partial charge in [0.25, 0.3) is 0 Å². The van der Waals surface area contributed by atoms with Gasteiger partial charge in [0, 0.05) is 3.57 Å². The fourth-order valence-electron chi connectivity index (χ4n) is 1.15. The van der Waals surface area contributed by atoms with Gasteiger partial charge in [-0.05, 0) is 47.1 Å². The molecule has 0 fully saturated rings. The smallest absolute Gasteiger partial charge is 0.0797 e. The predicted molar refractivity (Wildman–Crippen MR) is 59.1 cm³/mol. The summed E-state index contributed by atoms with van der Waals surface area (Å²) in [5.41, 5.74) is 2.29. The molecule has 0 saturated carbocycles. The highest BCUT2D eigenvalue weighted by atomic mass is 127. The maximum atomic E-state index is 9.63. The van der Waals surface area contributed by atoms with E-state index in [0.29, 0.717) is 0 Å². The average Bonchev–Trinajstić information content (AvgIpc) is 2.08. The molecule has 0 bridgehead atoms. The van der Waals surface area contributed by atoms with Gasteiger partial charge in [-0.3, -0.25) is 0 Å². The Morgan fingerprint density at radius 3 is 2.75 bits per heavy atom. The minimum atomic E-state index is -0.309. The summed E-state index contributed by atoms with van der Waals surface area (Å²) >= 11 is 2.28. The van der Waals surface area contributed by atoms with Gasteiger partial charge in [0.05, 0.1) is 6.10 Å². The highest BCUT2D eigenvalue weighted by Crippen LogP contribution is 2.24. The van der Waals surface area contributed by atoms with Gasteiger partial charge in [0.15, 0.2) is 0 Å². The summed E-state index contributed by atoms with van der Waals surface area (Å²) in [6.45, 7) is 4.05. The molecule has 0 amide bonds. The number of benzene rings is 1. The average molecular weight is 276 g/mol. The van der Waals surface area contributed by atoms with Crippen molar-refractivity contribution >= 4 is 22.6 Å². The minimum Gasteiger partial charge on any atom is -0.388 e. The van der Waals surface area contributed by atoms with Crippen LogP contribution < -0.4 is 0 Å². The Hall–Kier alpha value is -0.0900. The van der Waals surface area contributed by atoms with Gasteiger partial charge in [-0.1, -0.05) is 25.1 Å². The first-order chi connectivity index (χ1) is 5.66. The first-order valence-corrected chi connectivity index (χ1v) is 5.17. The van der Waals surface area contributed by atoms with Gasteiger partial charge in [0.2, 0.25) is 0 Å². The number of rotatable bonds is 2. The Kier molecular flexibility index (Phi) is 3.53. The zero-order valence-corrected chi connectivity index (χ0v) is 9.50. The van der Waals surface area contributed by atoms with Crippen LogP contribution >= 0.6 is 22.6 Å². The molecule has 0 aliphatic carbocycles. The molecular formula is C10H13IO. The fraction of sp³-hybridized carbons (Fsp3) is 0.400. The zero-order chi connectivity index (χ0) is 9.14. The first kappa shape index (κ1) is 9.99. The van der Waals surface area contributed by atoms with Crippen molar-refractivity contribution in [2.45, 2.75) is 26.4 Å². The second-order valence-corrected chi connectivity index (χ2v) is 3.98. The number of halogens is 1. The second-order valence-electron chi connectivity index (χ2n) is 2.90. The molecule has 0 aliphatic rings. The van der Waals surface area contributed by atoms with Crippen LogP contribution in [-0.2, 0) is 0 Å². The van der Waals surface area contributed by atoms with E-state index in [0.717, 1.165) is 12.0 Å². The van der Waals surface area contributed by atoms with Crippen LogP contribution in [0.15, 0.2) is 18.2 Å². The molecule has 0 aliphatic heterocycles. The molecule has 1 N–H and O–H groups in total. The van der Waals surface area contributed by atoms with E-state index < -0.39 is 0 Å². The summed E-state index contributed by atoms with van der Waals surface area (Å²) in [4.78, 5) is 0. The molecule has 0 aromatic heterocycles. The molecule has 0 heterocycles. The summed E-state index contributed by atoms with van der Waals surface area (Å²) in [5.74, 6) is 0. The maximum Gasteiger partial charge on any atom is 0.0797 e. The lowest BCUT2D eigenvalue weighted by atomic mass is 10.1. The van der Waals surface area contributed by atoms with Gasteiger partial charge in [-0.2, -0.15) is 0 Å². The van der Waals surface area contributed by atoms with Crippen molar-refractivity contribution in [2.75, 3.05) is 0 Å². The normalized spacial score (nSPS) is 13.0. The number of aliphatic hydroxyl groups excluding tert-OH is 1. The molecule has 1 nitrogen and oxygen atoms in total. The summed E-state index contributed by atoms with van der Waals surface area (Å²) in [6.07, 6.45) is 0.469. The monoisotopic (exact) mass is 276 g/mol. The standard InChI is InChI=1S/C10H13IO/c1-3-9(12)8-6-4-5-7(2)10(8)11/h4-6,9,12H,3H2,1-2H3. The van der Waals surface area contributed by atoms with Gasteiger partial charge in [-0.15, -0.1) is 0 Å². The van der Waals surface area contributed by atoms with Crippen LogP contribution in [-0.4, -0.2) is 5.11 Å². The summed E-state index contributed by atoms with van der Waals surface area (Å²) in [6, 6.07) is 6.04. The third kappa shape index (κ3) is 1.98. The highest BCUT2D eigenvalue weighted by Gasteiger charge is 2.09. The second kappa shape index (κ2) is 4.23. The number of aryl methyl sites for hydroxylation is 1. The lowest BCUT2D eigenvalue weighted by molar-refractivity contribution is 0.172. The van der Waals surface area contributed by atoms with E-state index in [1.165, 1.54) is 9.13 Å². The van der Waals surface area contributed by atoms with Crippen LogP contribution in [0.25, 0.3) is 0 Å². The summed E-state index contributed by atoms with van der Waals surface area (Å²) in [5, 5.41) is 9.63. The predicted octanol–water partition coefficient (Wildman–Crippen LogP) is 3.04. The van der Waals surface area contributed by atoms with E-state index in [4.69, 9.17) is 0 Å². The SMILES string of the molecule is CCC(O)c1cccc(C)c1I. The largest absolute Gasteiger partial charge is 0.388 e. The summed E-state index contributed by atoms with van der Waals surface area (Å²) < 4.78 is 1.18. The zero-order valence-electron chi connectivity index (χ0n) is 7.34. The molecule has 1 atom stereocenters. The van der Waals surface area contributed by atoms with Crippen LogP contribution in [0.2, 0.25) is 0 Å². The van der Waals surface area contributed by atoms with Gasteiger partial charge in [-0.25, -0.2) is 0 Å². The van der Waals surface area contributed by atoms with Gasteiger partial charge in [0.1, 0.15) is 0 Å². The molecule has 1 aromatic carbocycles. The van der Waals surface area contributed by atoms with Crippen molar-refractivity contribution in [1.82, 2.24) is 0 Å². The van der Waals surface area contributed by atoms with Crippen molar-refractivity contribution in [2.24, 2.45) is 0 Å². The van der Waals surface area contributed by atoms with Crippen LogP contribution in [0.4, 0.5) is 0 Å². The molecule has 0 saturated heterocycles. The van der Waals surface area contributed by atoms with Crippen molar-refractivity contribution in [3.63, 3.8) is 0 Å². The van der Waals surface area contributed by atoms with Crippen molar-refractivity contribution in [1.29, 1.82) is 0 Å². The fourth-order valence-corrected chi connectivity index (χ4v) is 1.87. The Balaban J connectivity index is 3.07. The van der Waals surface area contributed by atoms with Gasteiger partial charge >= 0.3 is 0 Å². The van der Waals surface area contributed by atoms with Gasteiger partial charge < -0.3 is 5.11 Å². The molecule has 12 heavy (non-hydrogen) atoms. The third-order valence-electron chi connectivity index (χ3n) is 1.97. The Bertz CT molecular complexity index is 271. The molecule has 66 valence electrons. The van der Waals surface area contributed by atoms with E-state index >= 15 is 0 Å². The Morgan fingerprint density at radius 2 is 2.17 bits per heavy atom. The molecule has 0 radical (unpaired) electrons. The molecule has 0 spiro atoms. The molecule has 2 heteroatoms. The van der Waals surface area contributed by atoms with Crippen LogP contribution in [0.3, 0.4) is 0 Å². The van der Waals surface area contributed by atoms with E-state index in [1.54, 1.807) is 0 Å². The maximum absolute atomic E-state index is 9.63. The van der Waals surface area contributed by atoms with Crippen LogP contribution in [0.1, 0.15) is 30.6 Å². The van der Waals surface area contributed by atoms with E-state index in [1.807, 2.05) is 19.1 Å². The van der Waals surface area contributed by atoms with Crippen molar-refractivity contribution < 1.29 is 5.11 Å². The highest BCUT2D eigenvalue weighted by molar-refractivity contribution is 14.1. The Labute approximate surface area is 86.9 Å². The number of hydrogen-bond donors (Lipinski definition) is 1. The van der Waals surface area contributed by atoms with E-state index in [2.05, 4.69) is 35.6 Å². The molecular weight excluding hydrogens is 263 g/mol. The van der Waals surface area contributed by atoms with Crippen molar-refractivity contribution in [3.05, 3.63) is 32.9 Å². The molecule has 1 unspecified atom stereocenters. The summed E-state index contributed by atoms with van der Waals surface area (Å²) in [7, 11) is 0. The quantitative estimate of drug-likeness (QED) is 0.823. The molecule has 1 rings (SSSR count). The minimum absolute atomic E-state index is 0.309. The number of hydrogen-bond acceptors (Lipinski definition) is 1. The first-order valence-electron chi connectivity index (χ1n) is 4.10. The van der Waals surface area contributed by atoms with Crippen LogP contribution in [0, 0.1) is 10.5 Å². The van der Waals surface area contributed by atoms with Crippen molar-refractivity contribution in [3.8, 4) is 0 Å². The Morgan fingerprint density at radius 1 is 1.50 bits per heavy atom. The van der Waals surface area contributed by atoms with E-state index in [-0.39, 0.29) is 6.10 Å². The lowest BCUT2D eigenvalue weighted by Gasteiger charge is -2.11. The molecule has 1 aromatic rings. The van der Waals surface area contributed by atoms with Crippen LogP contribution in [0.5, 0.6) is 0 Å². The third-order valence-corrected chi connectivity index (χ3v) is 3.44. The lowest BCUT2D eigenvalue weighted by Crippen LogP contribution is -1.99. The number of aliphatic hydroxyl groups is 1. The topological polar surface area (TPSA) is 20.2 Å². The van der Waals surface area contributed by atoms with E-state index in [9.17, 15) is 5.11 Å².